The topological polar surface area (TPSA) is 137 Å². The highest BCUT2D eigenvalue weighted by Crippen LogP contribution is 2.19. The predicted octanol–water partition coefficient (Wildman–Crippen LogP) is 2.66. The van der Waals surface area contributed by atoms with Crippen LogP contribution in [0, 0.1) is 17.8 Å². The maximum absolute atomic E-state index is 13.8. The van der Waals surface area contributed by atoms with Crippen LogP contribution < -0.4 is 16.1 Å². The van der Waals surface area contributed by atoms with Gasteiger partial charge in [-0.2, -0.15) is 0 Å². The summed E-state index contributed by atoms with van der Waals surface area (Å²) in [6.45, 7) is 7.87. The molecule has 0 aromatic heterocycles. The minimum atomic E-state index is -0.937. The molecule has 3 rings (SSSR count). The summed E-state index contributed by atoms with van der Waals surface area (Å²) in [5.41, 5.74) is 3.88. The number of allylic oxidation sites excluding steroid dienone is 2. The van der Waals surface area contributed by atoms with Crippen molar-refractivity contribution in [3.05, 3.63) is 48.0 Å². The van der Waals surface area contributed by atoms with Gasteiger partial charge in [0.25, 0.3) is 5.91 Å². The molecule has 2 aliphatic heterocycles. The highest BCUT2D eigenvalue weighted by Gasteiger charge is 2.36. The first-order chi connectivity index (χ1) is 20.1. The van der Waals surface area contributed by atoms with E-state index in [4.69, 9.17) is 4.74 Å². The van der Waals surface area contributed by atoms with Gasteiger partial charge in [0.15, 0.2) is 0 Å². The van der Waals surface area contributed by atoms with Crippen LogP contribution in [0.3, 0.4) is 0 Å². The van der Waals surface area contributed by atoms with Crippen molar-refractivity contribution in [2.75, 3.05) is 13.2 Å². The molecule has 0 aliphatic carbocycles. The molecule has 2 heterocycles. The minimum absolute atomic E-state index is 0.166. The fourth-order valence-corrected chi connectivity index (χ4v) is 5.29. The third-order valence-corrected chi connectivity index (χ3v) is 8.07. The summed E-state index contributed by atoms with van der Waals surface area (Å²) in [6.07, 6.45) is 7.52. The zero-order chi connectivity index (χ0) is 30.6. The molecule has 0 unspecified atom stereocenters. The zero-order valence-electron chi connectivity index (χ0n) is 25.4. The number of amides is 3. The molecule has 1 saturated heterocycles. The van der Waals surface area contributed by atoms with Crippen LogP contribution in [0.2, 0.25) is 0 Å². The number of benzene rings is 1. The molecule has 1 aromatic rings. The number of nitrogens with zero attached hydrogens (tertiary/aromatic N) is 1. The van der Waals surface area contributed by atoms with Gasteiger partial charge < -0.3 is 20.5 Å². The van der Waals surface area contributed by atoms with Gasteiger partial charge in [0.05, 0.1) is 18.6 Å². The van der Waals surface area contributed by atoms with Crippen LogP contribution in [0.4, 0.5) is 0 Å². The Morgan fingerprint density at radius 1 is 0.976 bits per heavy atom. The van der Waals surface area contributed by atoms with Crippen molar-refractivity contribution < 1.29 is 29.0 Å². The Hall–Kier alpha value is -3.24. The number of hydrazine groups is 1. The van der Waals surface area contributed by atoms with Crippen LogP contribution in [0.5, 0.6) is 0 Å². The van der Waals surface area contributed by atoms with E-state index in [0.29, 0.717) is 38.8 Å². The Morgan fingerprint density at radius 3 is 2.43 bits per heavy atom. The molecule has 1 aromatic carbocycles. The molecule has 232 valence electrons. The summed E-state index contributed by atoms with van der Waals surface area (Å²) >= 11 is 0. The van der Waals surface area contributed by atoms with Crippen molar-refractivity contribution in [2.45, 2.75) is 96.9 Å². The van der Waals surface area contributed by atoms with Crippen LogP contribution in [-0.2, 0) is 30.3 Å². The van der Waals surface area contributed by atoms with Gasteiger partial charge in [-0.15, -0.1) is 0 Å². The zero-order valence-corrected chi connectivity index (χ0v) is 25.4. The third-order valence-electron chi connectivity index (χ3n) is 8.07. The van der Waals surface area contributed by atoms with Gasteiger partial charge in [0, 0.05) is 13.0 Å². The number of ether oxygens (including phenoxy) is 1. The Bertz CT molecular complexity index is 1080. The van der Waals surface area contributed by atoms with Crippen molar-refractivity contribution in [2.24, 2.45) is 17.8 Å². The van der Waals surface area contributed by atoms with E-state index in [1.54, 1.807) is 6.92 Å². The second-order valence-electron chi connectivity index (χ2n) is 11.9. The smallest absolute Gasteiger partial charge is 0.324 e. The van der Waals surface area contributed by atoms with Crippen LogP contribution >= 0.6 is 0 Å². The molecule has 10 nitrogen and oxygen atoms in total. The lowest BCUT2D eigenvalue weighted by molar-refractivity contribution is -0.153. The second-order valence-corrected chi connectivity index (χ2v) is 11.9. The van der Waals surface area contributed by atoms with Gasteiger partial charge in [-0.05, 0) is 55.9 Å². The maximum atomic E-state index is 13.8. The Morgan fingerprint density at radius 2 is 1.71 bits per heavy atom. The number of carbonyl (C=O) groups is 4. The summed E-state index contributed by atoms with van der Waals surface area (Å²) in [5, 5.41) is 18.0. The first-order valence-electron chi connectivity index (χ1n) is 15.3. The summed E-state index contributed by atoms with van der Waals surface area (Å²) in [5.74, 6) is -2.84. The molecule has 42 heavy (non-hydrogen) atoms. The average molecular weight is 585 g/mol. The van der Waals surface area contributed by atoms with E-state index in [0.717, 1.165) is 18.4 Å². The largest absolute Gasteiger partial charge is 0.464 e. The van der Waals surface area contributed by atoms with E-state index < -0.39 is 47.9 Å². The van der Waals surface area contributed by atoms with Crippen molar-refractivity contribution in [1.29, 1.82) is 0 Å². The number of hydrogen-bond acceptors (Lipinski definition) is 7. The highest BCUT2D eigenvalue weighted by molar-refractivity contribution is 5.93. The van der Waals surface area contributed by atoms with Gasteiger partial charge in [-0.1, -0.05) is 70.2 Å². The molecule has 0 spiro atoms. The Kier molecular flexibility index (Phi) is 13.0. The number of aliphatic hydroxyl groups excluding tert-OH is 1. The highest BCUT2D eigenvalue weighted by atomic mass is 16.5. The monoisotopic (exact) mass is 584 g/mol. The fourth-order valence-electron chi connectivity index (χ4n) is 5.29. The quantitative estimate of drug-likeness (QED) is 0.317. The van der Waals surface area contributed by atoms with Gasteiger partial charge in [0.2, 0.25) is 11.8 Å². The van der Waals surface area contributed by atoms with Crippen molar-refractivity contribution in [3.8, 4) is 0 Å². The number of fused-ring (bicyclic) bond motifs is 2. The van der Waals surface area contributed by atoms with E-state index in [2.05, 4.69) is 16.1 Å². The van der Waals surface area contributed by atoms with Crippen LogP contribution in [0.1, 0.15) is 71.8 Å². The van der Waals surface area contributed by atoms with Gasteiger partial charge in [-0.25, -0.2) is 5.43 Å². The van der Waals surface area contributed by atoms with Crippen LogP contribution in [-0.4, -0.2) is 71.2 Å². The van der Waals surface area contributed by atoms with Gasteiger partial charge >= 0.3 is 5.97 Å². The third kappa shape index (κ3) is 9.66. The van der Waals surface area contributed by atoms with Crippen LogP contribution in [0.25, 0.3) is 0 Å². The summed E-state index contributed by atoms with van der Waals surface area (Å²) in [7, 11) is 0. The first-order valence-corrected chi connectivity index (χ1v) is 15.3. The molecular formula is C32H48N4O6. The predicted molar refractivity (Wildman–Crippen MR) is 160 cm³/mol. The molecule has 0 saturated carbocycles. The molecule has 2 aliphatic rings. The molecule has 2 bridgehead atoms. The number of rotatable bonds is 3. The van der Waals surface area contributed by atoms with Gasteiger partial charge in [-0.3, -0.25) is 24.2 Å². The number of cyclic esters (lactones) is 1. The van der Waals surface area contributed by atoms with E-state index in [-0.39, 0.29) is 24.2 Å². The summed E-state index contributed by atoms with van der Waals surface area (Å²) in [4.78, 5) is 53.4. The summed E-state index contributed by atoms with van der Waals surface area (Å²) < 4.78 is 5.50. The number of esters is 1. The maximum Gasteiger partial charge on any atom is 0.324 e. The Balaban J connectivity index is 1.86. The molecular weight excluding hydrogens is 536 g/mol. The van der Waals surface area contributed by atoms with E-state index in [1.165, 1.54) is 5.01 Å². The molecule has 4 N–H and O–H groups in total. The van der Waals surface area contributed by atoms with E-state index in [1.807, 2.05) is 63.3 Å². The molecule has 0 radical (unpaired) electrons. The minimum Gasteiger partial charge on any atom is -0.464 e. The van der Waals surface area contributed by atoms with Crippen LogP contribution in [0.15, 0.2) is 42.5 Å². The van der Waals surface area contributed by atoms with E-state index >= 15 is 0 Å². The number of aliphatic hydroxyl groups is 1. The standard InChI is InChI=1S/C32H48N4O6/c1-21(2)27-30(39)33-26(20-24-15-10-8-11-16-24)31(40)36-18-13-17-25(35-36)32(41)42-19-12-7-5-6-9-14-22(3)28(37)23(4)29(38)34-27/h6,8-11,15-16,21-23,25-28,35,37H,5,7,12-14,17-20H2,1-4H3,(H,33,39)(H,34,38)/b9-6+/t22-,23+,25-,26-,27-,28-/m0/s1. The Labute approximate surface area is 249 Å². The van der Waals surface area contributed by atoms with Crippen molar-refractivity contribution >= 4 is 23.7 Å². The molecule has 6 atom stereocenters. The molecule has 10 heteroatoms. The van der Waals surface area contributed by atoms with Crippen molar-refractivity contribution in [3.63, 3.8) is 0 Å². The lowest BCUT2D eigenvalue weighted by Crippen LogP contribution is -2.62. The number of hydrogen-bond donors (Lipinski definition) is 4. The second kappa shape index (κ2) is 16.4. The lowest BCUT2D eigenvalue weighted by Gasteiger charge is -2.35. The lowest BCUT2D eigenvalue weighted by atomic mass is 9.89. The SMILES string of the molecule is CC(C)[C@@H]1NC(=O)[C@H](C)[C@@H](O)[C@@H](C)C/C=C/CCCCOC(=O)[C@@H]2CCCN(N2)C(=O)[C@H](Cc2ccccc2)NC1=O. The van der Waals surface area contributed by atoms with E-state index in [9.17, 15) is 24.3 Å². The molecule has 1 fully saturated rings. The first kappa shape index (κ1) is 33.3. The fraction of sp³-hybridized carbons (Fsp3) is 0.625. The molecule has 3 amide bonds. The van der Waals surface area contributed by atoms with Gasteiger partial charge in [0.1, 0.15) is 18.1 Å². The summed E-state index contributed by atoms with van der Waals surface area (Å²) in [6, 6.07) is 6.87. The number of carbonyl (C=O) groups excluding carboxylic acids is 4. The van der Waals surface area contributed by atoms with Crippen molar-refractivity contribution in [1.82, 2.24) is 21.1 Å². The average Bonchev–Trinajstić information content (AvgIpc) is 2.99. The normalized spacial score (nSPS) is 30.4. The number of nitrogens with one attached hydrogen (secondary N) is 3.